The number of primary amides is 1. The van der Waals surface area contributed by atoms with Crippen LogP contribution in [0.1, 0.15) is 38.7 Å². The van der Waals surface area contributed by atoms with E-state index in [-0.39, 0.29) is 41.5 Å². The molecule has 4 atom stereocenters. The van der Waals surface area contributed by atoms with Crippen molar-refractivity contribution in [2.75, 3.05) is 32.8 Å². The molecule has 8 rings (SSSR count). The van der Waals surface area contributed by atoms with Crippen molar-refractivity contribution in [3.05, 3.63) is 53.2 Å². The molecule has 4 fully saturated rings. The molecule has 0 aliphatic carbocycles. The van der Waals surface area contributed by atoms with Crippen LogP contribution in [0.2, 0.25) is 0 Å². The van der Waals surface area contributed by atoms with Gasteiger partial charge in [-0.1, -0.05) is 31.2 Å². The monoisotopic (exact) mass is 604 g/mol. The number of quaternary nitrogens is 1. The van der Waals surface area contributed by atoms with Crippen LogP contribution in [-0.4, -0.2) is 82.3 Å². The van der Waals surface area contributed by atoms with Gasteiger partial charge in [-0.3, -0.25) is 9.59 Å². The van der Waals surface area contributed by atoms with Crippen LogP contribution in [0.4, 0.5) is 0 Å². The molecule has 2 aromatic carbocycles. The molecule has 6 heterocycles. The Morgan fingerprint density at radius 2 is 1.86 bits per heavy atom. The van der Waals surface area contributed by atoms with Gasteiger partial charge < -0.3 is 30.1 Å². The second-order valence-electron chi connectivity index (χ2n) is 13.3. The zero-order valence-electron chi connectivity index (χ0n) is 24.5. The van der Waals surface area contributed by atoms with Crippen LogP contribution in [0.15, 0.2) is 47.7 Å². The molecule has 1 aromatic heterocycles. The van der Waals surface area contributed by atoms with Crippen LogP contribution in [-0.2, 0) is 20.8 Å². The number of hydrogen-bond donors (Lipinski definition) is 3. The quantitative estimate of drug-likeness (QED) is 0.253. The number of aliphatic hydroxyl groups excluding tert-OH is 1. The van der Waals surface area contributed by atoms with Gasteiger partial charge in [-0.2, -0.15) is 0 Å². The van der Waals surface area contributed by atoms with E-state index in [1.54, 1.807) is 18.3 Å². The summed E-state index contributed by atoms with van der Waals surface area (Å²) >= 11 is 1.77. The fourth-order valence-electron chi connectivity index (χ4n) is 8.49. The maximum absolute atomic E-state index is 12.7. The number of ether oxygens (including phenoxy) is 1. The molecule has 4 N–H and O–H groups in total. The summed E-state index contributed by atoms with van der Waals surface area (Å²) in [5.41, 5.74) is 7.72. The highest BCUT2D eigenvalue weighted by molar-refractivity contribution is 7.26. The SMILES string of the molecule is CC(O)C1C(=O)N2C(C(=O)O)=C(COc3cccc4sc5c(CC67CC[N+](CC(N)=O)(CC6)CC7)cccc5c34)[C@H](C)C12. The summed E-state index contributed by atoms with van der Waals surface area (Å²) in [5.74, 6) is -1.84. The van der Waals surface area contributed by atoms with E-state index < -0.39 is 18.0 Å². The van der Waals surface area contributed by atoms with Gasteiger partial charge in [-0.25, -0.2) is 4.79 Å². The van der Waals surface area contributed by atoms with Crippen LogP contribution < -0.4 is 10.5 Å². The number of hydrogen-bond acceptors (Lipinski definition) is 6. The van der Waals surface area contributed by atoms with Crippen molar-refractivity contribution in [2.24, 2.45) is 23.0 Å². The zero-order valence-corrected chi connectivity index (χ0v) is 25.4. The van der Waals surface area contributed by atoms with Gasteiger partial charge in [0, 0.05) is 50.9 Å². The molecule has 3 aromatic rings. The second kappa shape index (κ2) is 10.0. The summed E-state index contributed by atoms with van der Waals surface area (Å²) in [6.45, 7) is 7.03. The first kappa shape index (κ1) is 28.3. The number of carbonyl (C=O) groups is 3. The minimum Gasteiger partial charge on any atom is -0.488 e. The number of piperidine rings is 3. The first-order valence-corrected chi connectivity index (χ1v) is 16.0. The number of amides is 2. The smallest absolute Gasteiger partial charge is 0.352 e. The Kier molecular flexibility index (Phi) is 6.61. The lowest BCUT2D eigenvalue weighted by Gasteiger charge is -2.54. The lowest BCUT2D eigenvalue weighted by Crippen LogP contribution is -2.64. The summed E-state index contributed by atoms with van der Waals surface area (Å²) in [6, 6.07) is 12.1. The summed E-state index contributed by atoms with van der Waals surface area (Å²) < 4.78 is 9.61. The summed E-state index contributed by atoms with van der Waals surface area (Å²) in [4.78, 5) is 38.0. The summed E-state index contributed by atoms with van der Waals surface area (Å²) in [7, 11) is 0. The number of nitrogens with two attached hydrogens (primary N) is 1. The summed E-state index contributed by atoms with van der Waals surface area (Å²) in [6.07, 6.45) is 3.47. The summed E-state index contributed by atoms with van der Waals surface area (Å²) in [5, 5.41) is 22.3. The van der Waals surface area contributed by atoms with E-state index in [1.807, 2.05) is 19.1 Å². The first-order valence-electron chi connectivity index (χ1n) is 15.2. The molecule has 0 radical (unpaired) electrons. The minimum atomic E-state index is -1.15. The lowest BCUT2D eigenvalue weighted by molar-refractivity contribution is -0.938. The van der Waals surface area contributed by atoms with Crippen molar-refractivity contribution in [3.63, 3.8) is 0 Å². The van der Waals surface area contributed by atoms with Gasteiger partial charge in [0.05, 0.1) is 37.7 Å². The van der Waals surface area contributed by atoms with Crippen molar-refractivity contribution in [3.8, 4) is 5.75 Å². The highest BCUT2D eigenvalue weighted by Gasteiger charge is 2.60. The zero-order chi connectivity index (χ0) is 30.3. The number of β-lactam (4-membered cyclic amide) rings is 1. The van der Waals surface area contributed by atoms with Crippen LogP contribution in [0.3, 0.4) is 0 Å². The second-order valence-corrected chi connectivity index (χ2v) is 14.4. The Morgan fingerprint density at radius 1 is 1.16 bits per heavy atom. The normalized spacial score (nSPS) is 30.5. The van der Waals surface area contributed by atoms with Crippen LogP contribution >= 0.6 is 11.3 Å². The molecule has 226 valence electrons. The van der Waals surface area contributed by atoms with Gasteiger partial charge in [-0.15, -0.1) is 11.3 Å². The molecule has 3 unspecified atom stereocenters. The van der Waals surface area contributed by atoms with Crippen molar-refractivity contribution < 1.29 is 33.8 Å². The molecule has 43 heavy (non-hydrogen) atoms. The third-order valence-corrected chi connectivity index (χ3v) is 12.1. The largest absolute Gasteiger partial charge is 0.488 e. The van der Waals surface area contributed by atoms with Gasteiger partial charge in [0.25, 0.3) is 5.91 Å². The molecular formula is C33H38N3O6S+. The molecule has 9 nitrogen and oxygen atoms in total. The topological polar surface area (TPSA) is 130 Å². The number of carboxylic acid groups (broad SMARTS) is 1. The van der Waals surface area contributed by atoms with Crippen LogP contribution in [0.25, 0.3) is 20.2 Å². The Hall–Kier alpha value is -3.47. The number of fused-ring (bicyclic) bond motifs is 7. The van der Waals surface area contributed by atoms with Gasteiger partial charge in [0.1, 0.15) is 18.1 Å². The average Bonchev–Trinajstić information content (AvgIpc) is 3.46. The molecule has 10 heteroatoms. The molecular weight excluding hydrogens is 566 g/mol. The Balaban J connectivity index is 1.17. The lowest BCUT2D eigenvalue weighted by atomic mass is 9.67. The number of aliphatic carboxylic acids is 1. The fraction of sp³-hybridized carbons (Fsp3) is 0.485. The highest BCUT2D eigenvalue weighted by Crippen LogP contribution is 2.50. The number of carbonyl (C=O) groups excluding carboxylic acids is 2. The third kappa shape index (κ3) is 4.37. The van der Waals surface area contributed by atoms with E-state index in [2.05, 4.69) is 24.3 Å². The number of carboxylic acids is 1. The first-order chi connectivity index (χ1) is 20.5. The number of benzene rings is 2. The van der Waals surface area contributed by atoms with Crippen molar-refractivity contribution in [1.82, 2.24) is 4.90 Å². The number of rotatable bonds is 9. The van der Waals surface area contributed by atoms with Crippen LogP contribution in [0.5, 0.6) is 5.75 Å². The molecule has 5 aliphatic heterocycles. The van der Waals surface area contributed by atoms with Crippen molar-refractivity contribution in [1.29, 1.82) is 0 Å². The van der Waals surface area contributed by atoms with E-state index >= 15 is 0 Å². The molecule has 5 aliphatic rings. The fourth-order valence-corrected chi connectivity index (χ4v) is 9.72. The van der Waals surface area contributed by atoms with E-state index in [0.29, 0.717) is 17.9 Å². The number of nitrogens with zero attached hydrogens (tertiary/aromatic N) is 2. The molecule has 4 saturated heterocycles. The van der Waals surface area contributed by atoms with Gasteiger partial charge >= 0.3 is 5.97 Å². The van der Waals surface area contributed by atoms with E-state index in [1.165, 1.54) is 15.2 Å². The molecule has 2 bridgehead atoms. The molecule has 0 spiro atoms. The molecule has 0 saturated carbocycles. The molecule has 2 amide bonds. The van der Waals surface area contributed by atoms with Crippen LogP contribution in [0, 0.1) is 17.3 Å². The Labute approximate surface area is 254 Å². The average molecular weight is 605 g/mol. The number of thiophene rings is 1. The van der Waals surface area contributed by atoms with Gasteiger partial charge in [0.2, 0.25) is 5.91 Å². The maximum Gasteiger partial charge on any atom is 0.352 e. The van der Waals surface area contributed by atoms with E-state index in [9.17, 15) is 24.6 Å². The van der Waals surface area contributed by atoms with Crippen molar-refractivity contribution in [2.45, 2.75) is 51.7 Å². The third-order valence-electron chi connectivity index (χ3n) is 10.9. The van der Waals surface area contributed by atoms with E-state index in [0.717, 1.165) is 65.3 Å². The van der Waals surface area contributed by atoms with Gasteiger partial charge in [0.15, 0.2) is 6.54 Å². The minimum absolute atomic E-state index is 0.0123. The van der Waals surface area contributed by atoms with E-state index in [4.69, 9.17) is 10.5 Å². The standard InChI is InChI=1S/C33H37N3O6S/c1-18-22(29(32(40)41)35-28(18)26(19(2)37)31(35)39)17-42-23-7-4-8-24-27(23)21-6-3-5-20(30(21)43-24)15-33-9-12-36(13-10-33,14-11-33)16-25(34)38/h3-8,18-19,26,28,37H,9-17H2,1-2H3,(H2-,34,38,40,41)/p+1/t18-,19?,26?,28?,33?,36?/m0/s1. The Morgan fingerprint density at radius 3 is 2.51 bits per heavy atom. The highest BCUT2D eigenvalue weighted by atomic mass is 32.1. The predicted molar refractivity (Wildman–Crippen MR) is 163 cm³/mol. The number of aliphatic hydroxyl groups is 1. The predicted octanol–water partition coefficient (Wildman–Crippen LogP) is 3.66. The van der Waals surface area contributed by atoms with Crippen molar-refractivity contribution >= 4 is 49.3 Å². The Bertz CT molecular complexity index is 1680. The maximum atomic E-state index is 12.7. The van der Waals surface area contributed by atoms with Gasteiger partial charge in [-0.05, 0) is 36.5 Å².